The molecule has 0 saturated heterocycles. The molecule has 1 rings (SSSR count). The highest BCUT2D eigenvalue weighted by molar-refractivity contribution is 4.67. The Hall–Kier alpha value is -0.0800. The lowest BCUT2D eigenvalue weighted by molar-refractivity contribution is 0.338. The van der Waals surface area contributed by atoms with Crippen molar-refractivity contribution in [3.63, 3.8) is 0 Å². The molecule has 0 spiro atoms. The summed E-state index contributed by atoms with van der Waals surface area (Å²) in [6.45, 7) is 0. The monoisotopic (exact) mass is 170 g/mol. The Kier molecular flexibility index (Phi) is 4.62. The van der Waals surface area contributed by atoms with E-state index in [1.54, 1.807) is 0 Å². The van der Waals surface area contributed by atoms with E-state index >= 15 is 0 Å². The fourth-order valence-corrected chi connectivity index (χ4v) is 2.16. The zero-order chi connectivity index (χ0) is 8.81. The average molecular weight is 170 g/mol. The quantitative estimate of drug-likeness (QED) is 0.623. The van der Waals surface area contributed by atoms with Crippen molar-refractivity contribution in [2.45, 2.75) is 57.5 Å². The summed E-state index contributed by atoms with van der Waals surface area (Å²) in [6.07, 6.45) is 10.7. The van der Waals surface area contributed by atoms with Crippen molar-refractivity contribution in [3.8, 4) is 0 Å². The minimum Gasteiger partial charge on any atom is -0.316 e. The maximum atomic E-state index is 5.59. The number of hydrogen-bond donors (Lipinski definition) is 2. The molecule has 0 aromatic rings. The minimum atomic E-state index is -0.0885. The van der Waals surface area contributed by atoms with Crippen LogP contribution in [0.2, 0.25) is 0 Å². The standard InChI is InChI=1S/C10H22N2/c11-10(12)8-9-6-4-2-1-3-5-7-9/h9-10H,1-8,11-12H2. The smallest absolute Gasteiger partial charge is 0.0523 e. The van der Waals surface area contributed by atoms with Crippen LogP contribution in [0.4, 0.5) is 0 Å². The molecule has 1 aliphatic carbocycles. The van der Waals surface area contributed by atoms with Gasteiger partial charge in [0.25, 0.3) is 0 Å². The van der Waals surface area contributed by atoms with E-state index in [2.05, 4.69) is 0 Å². The molecule has 1 saturated carbocycles. The third-order valence-electron chi connectivity index (χ3n) is 2.83. The fourth-order valence-electron chi connectivity index (χ4n) is 2.16. The molecule has 1 aliphatic rings. The first-order chi connectivity index (χ1) is 5.79. The lowest BCUT2D eigenvalue weighted by Gasteiger charge is -2.20. The lowest BCUT2D eigenvalue weighted by Crippen LogP contribution is -2.32. The molecule has 1 fully saturated rings. The van der Waals surface area contributed by atoms with Gasteiger partial charge in [-0.05, 0) is 12.3 Å². The minimum absolute atomic E-state index is 0.0885. The Bertz CT molecular complexity index is 104. The van der Waals surface area contributed by atoms with Gasteiger partial charge >= 0.3 is 0 Å². The van der Waals surface area contributed by atoms with Crippen LogP contribution in [0.5, 0.6) is 0 Å². The van der Waals surface area contributed by atoms with Crippen LogP contribution in [0.25, 0.3) is 0 Å². The van der Waals surface area contributed by atoms with Crippen LogP contribution in [-0.4, -0.2) is 6.17 Å². The Balaban J connectivity index is 2.20. The van der Waals surface area contributed by atoms with E-state index in [0.29, 0.717) is 0 Å². The molecule has 0 heterocycles. The van der Waals surface area contributed by atoms with Crippen molar-refractivity contribution in [1.82, 2.24) is 0 Å². The summed E-state index contributed by atoms with van der Waals surface area (Å²) < 4.78 is 0. The van der Waals surface area contributed by atoms with Crippen LogP contribution >= 0.6 is 0 Å². The van der Waals surface area contributed by atoms with E-state index in [-0.39, 0.29) is 6.17 Å². The largest absolute Gasteiger partial charge is 0.316 e. The molecule has 0 radical (unpaired) electrons. The Labute approximate surface area is 75.7 Å². The highest BCUT2D eigenvalue weighted by atomic mass is 14.8. The normalized spacial score (nSPS) is 22.2. The molecule has 2 heteroatoms. The van der Waals surface area contributed by atoms with Gasteiger partial charge in [-0.2, -0.15) is 0 Å². The lowest BCUT2D eigenvalue weighted by atomic mass is 9.88. The topological polar surface area (TPSA) is 52.0 Å². The summed E-state index contributed by atoms with van der Waals surface area (Å²) in [4.78, 5) is 0. The summed E-state index contributed by atoms with van der Waals surface area (Å²) >= 11 is 0. The molecule has 4 N–H and O–H groups in total. The van der Waals surface area contributed by atoms with Gasteiger partial charge in [0, 0.05) is 0 Å². The molecule has 0 amide bonds. The molecular formula is C10H22N2. The fraction of sp³-hybridized carbons (Fsp3) is 1.00. The first kappa shape index (κ1) is 10.0. The number of nitrogens with two attached hydrogens (primary N) is 2. The number of rotatable bonds is 2. The average Bonchev–Trinajstić information content (AvgIpc) is 1.93. The molecule has 0 aromatic heterocycles. The second-order valence-electron chi connectivity index (χ2n) is 4.11. The van der Waals surface area contributed by atoms with Crippen LogP contribution < -0.4 is 11.5 Å². The van der Waals surface area contributed by atoms with Gasteiger partial charge in [0.15, 0.2) is 0 Å². The van der Waals surface area contributed by atoms with Crippen LogP contribution in [0, 0.1) is 5.92 Å². The van der Waals surface area contributed by atoms with Crippen LogP contribution in [0.3, 0.4) is 0 Å². The van der Waals surface area contributed by atoms with Crippen molar-refractivity contribution >= 4 is 0 Å². The number of hydrogen-bond acceptors (Lipinski definition) is 2. The third-order valence-corrected chi connectivity index (χ3v) is 2.83. The molecule has 0 aromatic carbocycles. The highest BCUT2D eigenvalue weighted by Crippen LogP contribution is 2.24. The first-order valence-corrected chi connectivity index (χ1v) is 5.30. The molecule has 72 valence electrons. The van der Waals surface area contributed by atoms with Crippen molar-refractivity contribution in [3.05, 3.63) is 0 Å². The predicted octanol–water partition coefficient (Wildman–Crippen LogP) is 1.98. The van der Waals surface area contributed by atoms with Crippen molar-refractivity contribution in [2.24, 2.45) is 17.4 Å². The highest BCUT2D eigenvalue weighted by Gasteiger charge is 2.12. The molecule has 0 unspecified atom stereocenters. The zero-order valence-electron chi connectivity index (χ0n) is 7.97. The van der Waals surface area contributed by atoms with Crippen LogP contribution in [0.15, 0.2) is 0 Å². The second kappa shape index (κ2) is 5.55. The molecule has 0 bridgehead atoms. The summed E-state index contributed by atoms with van der Waals surface area (Å²) in [5, 5.41) is 0. The van der Waals surface area contributed by atoms with Gasteiger partial charge < -0.3 is 11.5 Å². The molecule has 2 nitrogen and oxygen atoms in total. The van der Waals surface area contributed by atoms with Crippen molar-refractivity contribution in [1.29, 1.82) is 0 Å². The molecule has 12 heavy (non-hydrogen) atoms. The maximum Gasteiger partial charge on any atom is 0.0523 e. The first-order valence-electron chi connectivity index (χ1n) is 5.30. The van der Waals surface area contributed by atoms with Crippen molar-refractivity contribution < 1.29 is 0 Å². The Morgan fingerprint density at radius 2 is 1.42 bits per heavy atom. The van der Waals surface area contributed by atoms with E-state index in [0.717, 1.165) is 12.3 Å². The predicted molar refractivity (Wildman–Crippen MR) is 52.6 cm³/mol. The maximum absolute atomic E-state index is 5.59. The van der Waals surface area contributed by atoms with Gasteiger partial charge in [0.1, 0.15) is 0 Å². The third kappa shape index (κ3) is 4.07. The van der Waals surface area contributed by atoms with Gasteiger partial charge in [0.05, 0.1) is 6.17 Å². The van der Waals surface area contributed by atoms with Gasteiger partial charge in [-0.15, -0.1) is 0 Å². The van der Waals surface area contributed by atoms with Gasteiger partial charge in [0.2, 0.25) is 0 Å². The Morgan fingerprint density at radius 3 is 1.92 bits per heavy atom. The van der Waals surface area contributed by atoms with Gasteiger partial charge in [-0.25, -0.2) is 0 Å². The summed E-state index contributed by atoms with van der Waals surface area (Å²) in [6, 6.07) is 0. The van der Waals surface area contributed by atoms with Gasteiger partial charge in [-0.3, -0.25) is 0 Å². The van der Waals surface area contributed by atoms with E-state index in [1.807, 2.05) is 0 Å². The summed E-state index contributed by atoms with van der Waals surface area (Å²) in [5.74, 6) is 0.810. The Morgan fingerprint density at radius 1 is 0.917 bits per heavy atom. The molecular weight excluding hydrogens is 148 g/mol. The zero-order valence-corrected chi connectivity index (χ0v) is 7.97. The van der Waals surface area contributed by atoms with E-state index in [4.69, 9.17) is 11.5 Å². The summed E-state index contributed by atoms with van der Waals surface area (Å²) in [7, 11) is 0. The van der Waals surface area contributed by atoms with E-state index < -0.39 is 0 Å². The molecule has 0 aliphatic heterocycles. The van der Waals surface area contributed by atoms with Gasteiger partial charge in [-0.1, -0.05) is 44.9 Å². The SMILES string of the molecule is NC(N)CC1CCCCCCC1. The summed E-state index contributed by atoms with van der Waals surface area (Å²) in [5.41, 5.74) is 11.2. The van der Waals surface area contributed by atoms with E-state index in [9.17, 15) is 0 Å². The van der Waals surface area contributed by atoms with Crippen LogP contribution in [-0.2, 0) is 0 Å². The molecule has 0 atom stereocenters. The van der Waals surface area contributed by atoms with E-state index in [1.165, 1.54) is 44.9 Å². The van der Waals surface area contributed by atoms with Crippen molar-refractivity contribution in [2.75, 3.05) is 0 Å². The van der Waals surface area contributed by atoms with Crippen LogP contribution in [0.1, 0.15) is 51.4 Å². The second-order valence-corrected chi connectivity index (χ2v) is 4.11.